The molecule has 1 fully saturated rings. The lowest BCUT2D eigenvalue weighted by Crippen LogP contribution is -2.48. The number of nitrogens with zero attached hydrogens (tertiary/aromatic N) is 1. The molecule has 0 bridgehead atoms. The van der Waals surface area contributed by atoms with E-state index in [-0.39, 0.29) is 0 Å². The first-order valence-electron chi connectivity index (χ1n) is 12.1. The number of aliphatic hydroxyl groups is 2. The smallest absolute Gasteiger partial charge is 0.330 e. The highest BCUT2D eigenvalue weighted by Gasteiger charge is 2.58. The molecule has 0 aliphatic carbocycles. The van der Waals surface area contributed by atoms with Gasteiger partial charge in [-0.2, -0.15) is 0 Å². The SMILES string of the molecule is C[C@@]1(F)[C@H](O)[C@@H](C(O)OC(c2ccccc2)(c2ccccc2)c2ccccc2)O[C@H]1n1ccc(=O)[nH]c1=O. The molecule has 5 rings (SSSR count). The third-order valence-corrected chi connectivity index (χ3v) is 6.88. The predicted molar refractivity (Wildman–Crippen MR) is 137 cm³/mol. The largest absolute Gasteiger partial charge is 0.387 e. The average Bonchev–Trinajstić information content (AvgIpc) is 3.17. The van der Waals surface area contributed by atoms with Crippen molar-refractivity contribution in [3.63, 3.8) is 0 Å². The summed E-state index contributed by atoms with van der Waals surface area (Å²) in [5.41, 5.74) is -3.41. The Hall–Kier alpha value is -3.89. The van der Waals surface area contributed by atoms with Crippen LogP contribution in [0.5, 0.6) is 0 Å². The number of halogens is 1. The van der Waals surface area contributed by atoms with E-state index >= 15 is 4.39 Å². The molecule has 1 aliphatic heterocycles. The van der Waals surface area contributed by atoms with Gasteiger partial charge in [0.1, 0.15) is 17.8 Å². The summed E-state index contributed by atoms with van der Waals surface area (Å²) in [7, 11) is 0. The van der Waals surface area contributed by atoms with E-state index in [0.717, 1.165) is 23.8 Å². The Morgan fingerprint density at radius 3 is 1.84 bits per heavy atom. The quantitative estimate of drug-likeness (QED) is 0.256. The predicted octanol–water partition coefficient (Wildman–Crippen LogP) is 2.85. The second-order valence-electron chi connectivity index (χ2n) is 9.35. The third-order valence-electron chi connectivity index (χ3n) is 6.88. The molecule has 196 valence electrons. The fraction of sp³-hybridized carbons (Fsp3) is 0.241. The Kier molecular flexibility index (Phi) is 6.85. The Balaban J connectivity index is 1.59. The average molecular weight is 519 g/mol. The molecule has 1 unspecified atom stereocenters. The number of aromatic nitrogens is 2. The first-order chi connectivity index (χ1) is 18.2. The van der Waals surface area contributed by atoms with Gasteiger partial charge in [0.15, 0.2) is 18.2 Å². The minimum absolute atomic E-state index is 0.663. The van der Waals surface area contributed by atoms with E-state index in [1.54, 1.807) is 0 Å². The maximum Gasteiger partial charge on any atom is 0.330 e. The first-order valence-corrected chi connectivity index (χ1v) is 12.1. The van der Waals surface area contributed by atoms with Gasteiger partial charge in [-0.15, -0.1) is 0 Å². The lowest BCUT2D eigenvalue weighted by atomic mass is 9.80. The second kappa shape index (κ2) is 10.1. The lowest BCUT2D eigenvalue weighted by molar-refractivity contribution is -0.229. The Morgan fingerprint density at radius 1 is 0.921 bits per heavy atom. The van der Waals surface area contributed by atoms with Crippen LogP contribution in [-0.2, 0) is 15.1 Å². The van der Waals surface area contributed by atoms with Gasteiger partial charge >= 0.3 is 5.69 Å². The molecular formula is C29H27FN2O6. The van der Waals surface area contributed by atoms with Crippen molar-refractivity contribution in [1.29, 1.82) is 0 Å². The zero-order valence-electron chi connectivity index (χ0n) is 20.5. The van der Waals surface area contributed by atoms with Crippen molar-refractivity contribution in [2.75, 3.05) is 0 Å². The number of nitrogens with one attached hydrogen (secondary N) is 1. The summed E-state index contributed by atoms with van der Waals surface area (Å²) < 4.78 is 28.9. The standard InChI is InChI=1S/C29H27FN2O6/c1-28(30)24(34)23(37-26(28)32-18-17-22(33)31-27(32)36)25(35)38-29(19-11-5-2-6-12-19,20-13-7-3-8-14-20)21-15-9-4-10-16-21/h2-18,23-26,34-35H,1H3,(H,31,33,36)/t23-,24+,25?,26+,28+/m0/s1. The van der Waals surface area contributed by atoms with Crippen LogP contribution in [0.15, 0.2) is 113 Å². The normalized spacial score (nSPS) is 24.3. The second-order valence-corrected chi connectivity index (χ2v) is 9.35. The molecule has 38 heavy (non-hydrogen) atoms. The highest BCUT2D eigenvalue weighted by Crippen LogP contribution is 2.46. The number of alkyl halides is 1. The number of hydrogen-bond donors (Lipinski definition) is 3. The van der Waals surface area contributed by atoms with Crippen LogP contribution in [0, 0.1) is 0 Å². The summed E-state index contributed by atoms with van der Waals surface area (Å²) in [6.07, 6.45) is -5.85. The van der Waals surface area contributed by atoms with E-state index in [1.807, 2.05) is 96.0 Å². The molecule has 0 saturated carbocycles. The molecule has 0 spiro atoms. The zero-order chi connectivity index (χ0) is 26.9. The highest BCUT2D eigenvalue weighted by atomic mass is 19.1. The molecule has 8 nitrogen and oxygen atoms in total. The van der Waals surface area contributed by atoms with Crippen LogP contribution in [-0.4, -0.2) is 43.9 Å². The first kappa shape index (κ1) is 25.7. The minimum atomic E-state index is -2.51. The molecule has 1 aliphatic rings. The van der Waals surface area contributed by atoms with Crippen LogP contribution >= 0.6 is 0 Å². The number of benzene rings is 3. The van der Waals surface area contributed by atoms with Crippen LogP contribution in [0.2, 0.25) is 0 Å². The molecule has 4 aromatic rings. The molecule has 1 aromatic heterocycles. The van der Waals surface area contributed by atoms with Crippen molar-refractivity contribution < 1.29 is 24.1 Å². The van der Waals surface area contributed by atoms with Gasteiger partial charge in [0.2, 0.25) is 0 Å². The minimum Gasteiger partial charge on any atom is -0.387 e. The van der Waals surface area contributed by atoms with Gasteiger partial charge in [-0.1, -0.05) is 91.0 Å². The van der Waals surface area contributed by atoms with Gasteiger partial charge in [-0.25, -0.2) is 9.18 Å². The molecule has 0 radical (unpaired) electrons. The maximum atomic E-state index is 15.9. The summed E-state index contributed by atoms with van der Waals surface area (Å²) in [5.74, 6) is 0. The molecular weight excluding hydrogens is 491 g/mol. The maximum absolute atomic E-state index is 15.9. The number of rotatable bonds is 7. The van der Waals surface area contributed by atoms with Crippen molar-refractivity contribution in [3.05, 3.63) is 141 Å². The molecule has 0 amide bonds. The van der Waals surface area contributed by atoms with E-state index in [4.69, 9.17) is 9.47 Å². The number of H-pyrrole nitrogens is 1. The monoisotopic (exact) mass is 518 g/mol. The van der Waals surface area contributed by atoms with Crippen molar-refractivity contribution in [3.8, 4) is 0 Å². The van der Waals surface area contributed by atoms with Gasteiger partial charge < -0.3 is 19.7 Å². The van der Waals surface area contributed by atoms with Crippen LogP contribution in [0.3, 0.4) is 0 Å². The fourth-order valence-electron chi connectivity index (χ4n) is 4.97. The molecule has 5 atom stereocenters. The van der Waals surface area contributed by atoms with Gasteiger partial charge in [0.25, 0.3) is 5.56 Å². The topological polar surface area (TPSA) is 114 Å². The summed E-state index contributed by atoms with van der Waals surface area (Å²) in [5, 5.41) is 22.4. The summed E-state index contributed by atoms with van der Waals surface area (Å²) in [4.78, 5) is 25.9. The molecule has 1 saturated heterocycles. The molecule has 3 aromatic carbocycles. The number of aliphatic hydroxyl groups excluding tert-OH is 2. The van der Waals surface area contributed by atoms with Crippen molar-refractivity contribution >= 4 is 0 Å². The third kappa shape index (κ3) is 4.39. The van der Waals surface area contributed by atoms with Crippen molar-refractivity contribution in [1.82, 2.24) is 9.55 Å². The molecule has 9 heteroatoms. The highest BCUT2D eigenvalue weighted by molar-refractivity contribution is 5.47. The molecule has 3 N–H and O–H groups in total. The lowest BCUT2D eigenvalue weighted by Gasteiger charge is -2.39. The van der Waals surface area contributed by atoms with Gasteiger partial charge in [-0.3, -0.25) is 14.3 Å². The van der Waals surface area contributed by atoms with E-state index in [1.165, 1.54) is 0 Å². The van der Waals surface area contributed by atoms with Gasteiger partial charge in [0, 0.05) is 12.3 Å². The van der Waals surface area contributed by atoms with Crippen LogP contribution in [0.4, 0.5) is 4.39 Å². The van der Waals surface area contributed by atoms with E-state index < -0.39 is 47.2 Å². The Labute approximate surface area is 217 Å². The number of hydrogen-bond acceptors (Lipinski definition) is 6. The number of ether oxygens (including phenoxy) is 2. The number of aromatic amines is 1. The van der Waals surface area contributed by atoms with E-state index in [9.17, 15) is 19.8 Å². The Bertz CT molecular complexity index is 1390. The van der Waals surface area contributed by atoms with Crippen molar-refractivity contribution in [2.24, 2.45) is 0 Å². The van der Waals surface area contributed by atoms with Gasteiger partial charge in [0.05, 0.1) is 0 Å². The van der Waals surface area contributed by atoms with Gasteiger partial charge in [-0.05, 0) is 23.6 Å². The zero-order valence-corrected chi connectivity index (χ0v) is 20.5. The van der Waals surface area contributed by atoms with Crippen LogP contribution in [0.25, 0.3) is 0 Å². The van der Waals surface area contributed by atoms with Crippen molar-refractivity contribution in [2.45, 2.75) is 42.9 Å². The van der Waals surface area contributed by atoms with E-state index in [0.29, 0.717) is 16.7 Å². The fourth-order valence-corrected chi connectivity index (χ4v) is 4.97. The van der Waals surface area contributed by atoms with Crippen LogP contribution in [0.1, 0.15) is 29.8 Å². The summed E-state index contributed by atoms with van der Waals surface area (Å²) in [6.45, 7) is 1.06. The molecule has 2 heterocycles. The summed E-state index contributed by atoms with van der Waals surface area (Å²) in [6, 6.07) is 28.7. The Morgan fingerprint density at radius 2 is 1.39 bits per heavy atom. The van der Waals surface area contributed by atoms with E-state index in [2.05, 4.69) is 0 Å². The van der Waals surface area contributed by atoms with Crippen LogP contribution < -0.4 is 11.2 Å². The summed E-state index contributed by atoms with van der Waals surface area (Å²) >= 11 is 0.